The third-order valence-corrected chi connectivity index (χ3v) is 1.78. The van der Waals surface area contributed by atoms with E-state index in [1.54, 1.807) is 20.8 Å². The second-order valence-corrected chi connectivity index (χ2v) is 3.29. The van der Waals surface area contributed by atoms with Gasteiger partial charge in [-0.2, -0.15) is 0 Å². The van der Waals surface area contributed by atoms with E-state index in [1.807, 2.05) is 0 Å². The Morgan fingerprint density at radius 1 is 1.77 bits per heavy atom. The highest BCUT2D eigenvalue weighted by Gasteiger charge is 2.43. The highest BCUT2D eigenvalue weighted by atomic mass is 16.7. The summed E-state index contributed by atoms with van der Waals surface area (Å²) >= 11 is 0. The molecule has 13 heavy (non-hydrogen) atoms. The van der Waals surface area contributed by atoms with Gasteiger partial charge >= 0.3 is 5.97 Å². The van der Waals surface area contributed by atoms with Crippen LogP contribution in [-0.2, 0) is 14.4 Å². The zero-order valence-electron chi connectivity index (χ0n) is 7.90. The third kappa shape index (κ3) is 1.80. The van der Waals surface area contributed by atoms with Gasteiger partial charge in [0.25, 0.3) is 0 Å². The minimum absolute atomic E-state index is 0.0631. The van der Waals surface area contributed by atoms with E-state index in [0.29, 0.717) is 0 Å². The molecule has 1 heterocycles. The van der Waals surface area contributed by atoms with Crippen LogP contribution in [0.25, 0.3) is 0 Å². The lowest BCUT2D eigenvalue weighted by molar-refractivity contribution is -0.135. The minimum atomic E-state index is -1.02. The Kier molecular flexibility index (Phi) is 2.56. The first-order valence-electron chi connectivity index (χ1n) is 4.10. The van der Waals surface area contributed by atoms with Gasteiger partial charge in [-0.25, -0.2) is 4.79 Å². The van der Waals surface area contributed by atoms with E-state index in [1.165, 1.54) is 0 Å². The van der Waals surface area contributed by atoms with E-state index in [-0.39, 0.29) is 12.3 Å². The Morgan fingerprint density at radius 3 is 2.77 bits per heavy atom. The molecule has 0 aromatic rings. The molecular weight excluding hydrogens is 174 g/mol. The summed E-state index contributed by atoms with van der Waals surface area (Å²) in [5.41, 5.74) is -0.908. The summed E-state index contributed by atoms with van der Waals surface area (Å²) in [6, 6.07) is 0. The molecule has 0 aromatic heterocycles. The maximum absolute atomic E-state index is 11.2. The van der Waals surface area contributed by atoms with Crippen molar-refractivity contribution in [2.24, 2.45) is 5.16 Å². The Hall–Kier alpha value is -1.10. The van der Waals surface area contributed by atoms with Gasteiger partial charge in [0.2, 0.25) is 0 Å². The first kappa shape index (κ1) is 9.98. The standard InChI is InChI=1S/C8H13NO4/c1-4-12-7(11)5-6(10)8(2,3)13-9-5/h6,10H,4H2,1-3H3/t6-/m0/s1. The van der Waals surface area contributed by atoms with Gasteiger partial charge < -0.3 is 14.7 Å². The van der Waals surface area contributed by atoms with Gasteiger partial charge in [0, 0.05) is 0 Å². The van der Waals surface area contributed by atoms with Crippen LogP contribution in [0.2, 0.25) is 0 Å². The summed E-state index contributed by atoms with van der Waals surface area (Å²) in [5, 5.41) is 13.0. The van der Waals surface area contributed by atoms with Crippen LogP contribution in [0.5, 0.6) is 0 Å². The normalized spacial score (nSPS) is 24.9. The molecule has 0 radical (unpaired) electrons. The smallest absolute Gasteiger partial charge is 0.359 e. The van der Waals surface area contributed by atoms with Crippen molar-refractivity contribution in [3.63, 3.8) is 0 Å². The molecule has 1 aliphatic rings. The van der Waals surface area contributed by atoms with Gasteiger partial charge in [0.1, 0.15) is 6.10 Å². The first-order valence-corrected chi connectivity index (χ1v) is 4.10. The Labute approximate surface area is 76.3 Å². The van der Waals surface area contributed by atoms with Crippen molar-refractivity contribution < 1.29 is 19.5 Å². The third-order valence-electron chi connectivity index (χ3n) is 1.78. The van der Waals surface area contributed by atoms with E-state index < -0.39 is 17.7 Å². The average Bonchev–Trinajstić information content (AvgIpc) is 2.28. The number of hydrogen-bond acceptors (Lipinski definition) is 5. The van der Waals surface area contributed by atoms with Crippen molar-refractivity contribution in [2.45, 2.75) is 32.5 Å². The number of esters is 1. The quantitative estimate of drug-likeness (QED) is 0.621. The van der Waals surface area contributed by atoms with Crippen LogP contribution in [0, 0.1) is 0 Å². The number of carbonyl (C=O) groups excluding carboxylic acids is 1. The summed E-state index contributed by atoms with van der Waals surface area (Å²) in [7, 11) is 0. The number of hydrogen-bond donors (Lipinski definition) is 1. The predicted octanol–water partition coefficient (Wildman–Crippen LogP) is 0.0752. The molecule has 0 aliphatic carbocycles. The topological polar surface area (TPSA) is 68.1 Å². The van der Waals surface area contributed by atoms with Crippen molar-refractivity contribution >= 4 is 11.7 Å². The number of oxime groups is 1. The van der Waals surface area contributed by atoms with Gasteiger partial charge in [-0.3, -0.25) is 0 Å². The van der Waals surface area contributed by atoms with Crippen molar-refractivity contribution in [3.05, 3.63) is 0 Å². The van der Waals surface area contributed by atoms with E-state index in [2.05, 4.69) is 9.89 Å². The second kappa shape index (κ2) is 3.33. The summed E-state index contributed by atoms with van der Waals surface area (Å²) in [6.45, 7) is 5.23. The van der Waals surface area contributed by atoms with Crippen molar-refractivity contribution in [1.29, 1.82) is 0 Å². The van der Waals surface area contributed by atoms with Gasteiger partial charge in [-0.05, 0) is 20.8 Å². The largest absolute Gasteiger partial charge is 0.461 e. The number of aliphatic hydroxyl groups excluding tert-OH is 1. The van der Waals surface area contributed by atoms with E-state index in [0.717, 1.165) is 0 Å². The van der Waals surface area contributed by atoms with E-state index in [9.17, 15) is 9.90 Å². The highest BCUT2D eigenvalue weighted by molar-refractivity contribution is 6.38. The van der Waals surface area contributed by atoms with Gasteiger partial charge in [-0.1, -0.05) is 5.16 Å². The summed E-state index contributed by atoms with van der Waals surface area (Å²) < 4.78 is 4.68. The summed E-state index contributed by atoms with van der Waals surface area (Å²) in [6.07, 6.45) is -1.02. The van der Waals surface area contributed by atoms with Crippen LogP contribution in [0.1, 0.15) is 20.8 Å². The van der Waals surface area contributed by atoms with Crippen LogP contribution < -0.4 is 0 Å². The molecule has 0 bridgehead atoms. The molecule has 1 rings (SSSR count). The van der Waals surface area contributed by atoms with Crippen molar-refractivity contribution in [1.82, 2.24) is 0 Å². The molecule has 1 N–H and O–H groups in total. The van der Waals surface area contributed by atoms with Gasteiger partial charge in [-0.15, -0.1) is 0 Å². The SMILES string of the molecule is CCOC(=O)C1=NOC(C)(C)[C@H]1O. The molecule has 0 aromatic carbocycles. The Morgan fingerprint density at radius 2 is 2.38 bits per heavy atom. The van der Waals surface area contributed by atoms with E-state index >= 15 is 0 Å². The van der Waals surface area contributed by atoms with Crippen LogP contribution in [0.3, 0.4) is 0 Å². The Bertz CT molecular complexity index is 247. The zero-order chi connectivity index (χ0) is 10.1. The van der Waals surface area contributed by atoms with Crippen molar-refractivity contribution in [3.8, 4) is 0 Å². The second-order valence-electron chi connectivity index (χ2n) is 3.29. The fraction of sp³-hybridized carbons (Fsp3) is 0.750. The van der Waals surface area contributed by atoms with Crippen LogP contribution in [0.15, 0.2) is 5.16 Å². The molecule has 1 aliphatic heterocycles. The monoisotopic (exact) mass is 187 g/mol. The number of nitrogens with zero attached hydrogens (tertiary/aromatic N) is 1. The number of ether oxygens (including phenoxy) is 1. The Balaban J connectivity index is 2.69. The van der Waals surface area contributed by atoms with Crippen LogP contribution in [-0.4, -0.2) is 35.1 Å². The summed E-state index contributed by atoms with van der Waals surface area (Å²) in [4.78, 5) is 16.0. The molecule has 0 saturated heterocycles. The molecule has 5 heteroatoms. The number of aliphatic hydroxyl groups is 1. The first-order chi connectivity index (χ1) is 5.99. The fourth-order valence-electron chi connectivity index (χ4n) is 0.950. The molecule has 1 atom stereocenters. The van der Waals surface area contributed by atoms with Gasteiger partial charge in [0.15, 0.2) is 11.3 Å². The predicted molar refractivity (Wildman–Crippen MR) is 45.2 cm³/mol. The number of rotatable bonds is 2. The lowest BCUT2D eigenvalue weighted by Gasteiger charge is -2.19. The highest BCUT2D eigenvalue weighted by Crippen LogP contribution is 2.23. The molecule has 0 spiro atoms. The lowest BCUT2D eigenvalue weighted by Crippen LogP contribution is -2.41. The molecule has 0 amide bonds. The zero-order valence-corrected chi connectivity index (χ0v) is 7.90. The molecular formula is C8H13NO4. The van der Waals surface area contributed by atoms with Gasteiger partial charge in [0.05, 0.1) is 6.61 Å². The van der Waals surface area contributed by atoms with Crippen molar-refractivity contribution in [2.75, 3.05) is 6.61 Å². The molecule has 5 nitrogen and oxygen atoms in total. The number of carbonyl (C=O) groups is 1. The molecule has 0 unspecified atom stereocenters. The fourth-order valence-corrected chi connectivity index (χ4v) is 0.950. The average molecular weight is 187 g/mol. The maximum atomic E-state index is 11.2. The molecule has 74 valence electrons. The lowest BCUT2D eigenvalue weighted by atomic mass is 9.99. The molecule has 0 fully saturated rings. The minimum Gasteiger partial charge on any atom is -0.461 e. The summed E-state index contributed by atoms with van der Waals surface area (Å²) in [5.74, 6) is -0.624. The molecule has 0 saturated carbocycles. The van der Waals surface area contributed by atoms with E-state index in [4.69, 9.17) is 4.84 Å². The van der Waals surface area contributed by atoms with Crippen LogP contribution in [0.4, 0.5) is 0 Å². The maximum Gasteiger partial charge on any atom is 0.359 e. The van der Waals surface area contributed by atoms with Crippen LogP contribution >= 0.6 is 0 Å².